The average Bonchev–Trinajstić information content (AvgIpc) is 3.49. The zero-order valence-corrected chi connectivity index (χ0v) is 30.9. The number of hydrogen-bond donors (Lipinski definition) is 6. The second kappa shape index (κ2) is 15.2. The van der Waals surface area contributed by atoms with Crippen molar-refractivity contribution in [2.75, 3.05) is 46.4 Å². The van der Waals surface area contributed by atoms with E-state index in [2.05, 4.69) is 21.3 Å². The fourth-order valence-electron chi connectivity index (χ4n) is 8.36. The van der Waals surface area contributed by atoms with Crippen molar-refractivity contribution < 1.29 is 58.1 Å². The lowest BCUT2D eigenvalue weighted by atomic mass is 9.60. The van der Waals surface area contributed by atoms with Gasteiger partial charge in [0, 0.05) is 72.3 Å². The standard InChI is InChI=1S/C39H40N6O12/c1-57-24-4-2-3-22-31(24)37(55)33-32(35(22)53)36(54)23-11-19(5-6-21(23)34(33)52)38(56)43-20-12-39(13-20)17-44(18-39)30(51)16-42-27(48)15-41-26(47)14-40-25(46)9-10-45-28(49)7-8-29(45)50/h2-4,7-8,19-20,52,54H,5-6,9-18H2,1H3,(H,40,46)(H,41,47)(H,42,48)(H,43,56). The maximum atomic E-state index is 13.5. The third kappa shape index (κ3) is 7.29. The number of ketones is 2. The van der Waals surface area contributed by atoms with Gasteiger partial charge in [0.25, 0.3) is 11.8 Å². The van der Waals surface area contributed by atoms with Gasteiger partial charge < -0.3 is 41.1 Å². The molecule has 0 radical (unpaired) electrons. The van der Waals surface area contributed by atoms with Crippen molar-refractivity contribution in [1.82, 2.24) is 31.1 Å². The topological polar surface area (TPSA) is 258 Å². The Hall–Kier alpha value is -6.59. The maximum Gasteiger partial charge on any atom is 0.253 e. The summed E-state index contributed by atoms with van der Waals surface area (Å²) in [7, 11) is 1.37. The summed E-state index contributed by atoms with van der Waals surface area (Å²) >= 11 is 0. The largest absolute Gasteiger partial charge is 0.507 e. The molecule has 2 heterocycles. The average molecular weight is 785 g/mol. The number of ether oxygens (including phenoxy) is 1. The molecule has 0 aromatic heterocycles. The molecule has 298 valence electrons. The molecule has 2 aromatic carbocycles. The Morgan fingerprint density at radius 1 is 0.807 bits per heavy atom. The van der Waals surface area contributed by atoms with Gasteiger partial charge in [0.05, 0.1) is 43.4 Å². The van der Waals surface area contributed by atoms with Crippen molar-refractivity contribution in [2.45, 2.75) is 44.6 Å². The first kappa shape index (κ1) is 38.7. The van der Waals surface area contributed by atoms with Gasteiger partial charge >= 0.3 is 0 Å². The van der Waals surface area contributed by atoms with Crippen LogP contribution in [0.2, 0.25) is 0 Å². The van der Waals surface area contributed by atoms with E-state index in [1.807, 2.05) is 0 Å². The van der Waals surface area contributed by atoms with Crippen LogP contribution in [0.25, 0.3) is 0 Å². The van der Waals surface area contributed by atoms with Crippen molar-refractivity contribution in [3.05, 3.63) is 63.7 Å². The normalized spacial score (nSPS) is 18.9. The van der Waals surface area contributed by atoms with Crippen LogP contribution in [0.15, 0.2) is 30.4 Å². The zero-order chi connectivity index (χ0) is 40.8. The van der Waals surface area contributed by atoms with Crippen molar-refractivity contribution >= 4 is 52.9 Å². The number of amides is 7. The number of nitrogens with zero attached hydrogens (tertiary/aromatic N) is 2. The number of methoxy groups -OCH3 is 1. The molecule has 1 saturated carbocycles. The molecule has 1 unspecified atom stereocenters. The lowest BCUT2D eigenvalue weighted by molar-refractivity contribution is -0.153. The van der Waals surface area contributed by atoms with Gasteiger partial charge in [-0.3, -0.25) is 48.1 Å². The summed E-state index contributed by atoms with van der Waals surface area (Å²) in [5.41, 5.74) is -0.0150. The first-order valence-corrected chi connectivity index (χ1v) is 18.5. The number of nitrogens with one attached hydrogen (secondary N) is 4. The van der Waals surface area contributed by atoms with Gasteiger partial charge in [-0.1, -0.05) is 12.1 Å². The lowest BCUT2D eigenvalue weighted by Gasteiger charge is -2.59. The molecule has 57 heavy (non-hydrogen) atoms. The number of fused-ring (bicyclic) bond motifs is 3. The molecule has 7 amide bonds. The van der Waals surface area contributed by atoms with Crippen LogP contribution in [0.3, 0.4) is 0 Å². The van der Waals surface area contributed by atoms with E-state index in [0.29, 0.717) is 37.9 Å². The van der Waals surface area contributed by atoms with E-state index in [1.165, 1.54) is 13.2 Å². The fourth-order valence-corrected chi connectivity index (χ4v) is 8.36. The number of phenolic OH excluding ortho intramolecular Hbond substituents is 2. The van der Waals surface area contributed by atoms with Crippen LogP contribution < -0.4 is 26.0 Å². The molecule has 1 spiro atoms. The third-order valence-corrected chi connectivity index (χ3v) is 11.3. The molecule has 2 aromatic rings. The minimum absolute atomic E-state index is 0.0234. The Labute approximate surface area is 324 Å². The van der Waals surface area contributed by atoms with Crippen LogP contribution in [0, 0.1) is 11.3 Å². The molecule has 6 N–H and O–H groups in total. The fraction of sp³-hybridized carbons (Fsp3) is 0.410. The number of imide groups is 1. The van der Waals surface area contributed by atoms with Crippen LogP contribution in [-0.2, 0) is 46.4 Å². The van der Waals surface area contributed by atoms with E-state index in [9.17, 15) is 53.4 Å². The van der Waals surface area contributed by atoms with E-state index in [1.54, 1.807) is 17.0 Å². The molecule has 18 heteroatoms. The molecular formula is C39H40N6O12. The predicted molar refractivity (Wildman–Crippen MR) is 195 cm³/mol. The second-order valence-corrected chi connectivity index (χ2v) is 15.0. The Morgan fingerprint density at radius 3 is 2.09 bits per heavy atom. The SMILES string of the molecule is COc1cccc2c1C(=O)c1c(O)c3c(c(O)c1C2=O)CC(C(=O)NC1CC2(C1)CN(C(=O)CNC(=O)CNC(=O)CNC(=O)CCN1C(=O)C=CC1=O)C2)CC3. The first-order chi connectivity index (χ1) is 27.2. The summed E-state index contributed by atoms with van der Waals surface area (Å²) < 4.78 is 5.29. The number of benzene rings is 2. The monoisotopic (exact) mass is 784 g/mol. The summed E-state index contributed by atoms with van der Waals surface area (Å²) in [5, 5.41) is 32.7. The highest BCUT2D eigenvalue weighted by molar-refractivity contribution is 6.31. The van der Waals surface area contributed by atoms with Gasteiger partial charge in [-0.25, -0.2) is 0 Å². The van der Waals surface area contributed by atoms with Gasteiger partial charge in [-0.05, 0) is 38.2 Å². The maximum absolute atomic E-state index is 13.5. The van der Waals surface area contributed by atoms with Gasteiger partial charge in [0.1, 0.15) is 17.2 Å². The van der Waals surface area contributed by atoms with Crippen LogP contribution in [0.5, 0.6) is 17.2 Å². The van der Waals surface area contributed by atoms with Crippen molar-refractivity contribution in [1.29, 1.82) is 0 Å². The van der Waals surface area contributed by atoms with Crippen molar-refractivity contribution in [2.24, 2.45) is 11.3 Å². The van der Waals surface area contributed by atoms with Crippen LogP contribution in [0.1, 0.15) is 68.7 Å². The Bertz CT molecular complexity index is 2160. The molecule has 18 nitrogen and oxygen atoms in total. The molecule has 0 bridgehead atoms. The predicted octanol–water partition coefficient (Wildman–Crippen LogP) is -1.24. The summed E-state index contributed by atoms with van der Waals surface area (Å²) in [6, 6.07) is 4.43. The summed E-state index contributed by atoms with van der Waals surface area (Å²) in [6.07, 6.45) is 3.93. The number of carbonyl (C=O) groups excluding carboxylic acids is 9. The number of rotatable bonds is 12. The van der Waals surface area contributed by atoms with E-state index < -0.39 is 65.9 Å². The Morgan fingerprint density at radius 2 is 1.42 bits per heavy atom. The molecule has 5 aliphatic rings. The number of phenols is 2. The van der Waals surface area contributed by atoms with Crippen LogP contribution in [-0.4, -0.2) is 125 Å². The molecule has 1 atom stereocenters. The smallest absolute Gasteiger partial charge is 0.253 e. The van der Waals surface area contributed by atoms with Crippen LogP contribution in [0.4, 0.5) is 0 Å². The lowest BCUT2D eigenvalue weighted by Crippen LogP contribution is -2.68. The van der Waals surface area contributed by atoms with Gasteiger partial charge in [0.2, 0.25) is 35.3 Å². The highest BCUT2D eigenvalue weighted by Crippen LogP contribution is 2.50. The first-order valence-electron chi connectivity index (χ1n) is 18.5. The quantitative estimate of drug-likeness (QED) is 0.0932. The molecule has 2 aliphatic heterocycles. The summed E-state index contributed by atoms with van der Waals surface area (Å²) in [4.78, 5) is 115. The number of hydrogen-bond acceptors (Lipinski definition) is 12. The minimum atomic E-state index is -0.650. The van der Waals surface area contributed by atoms with E-state index >= 15 is 0 Å². The minimum Gasteiger partial charge on any atom is -0.507 e. The highest BCUT2D eigenvalue weighted by atomic mass is 16.5. The van der Waals surface area contributed by atoms with Gasteiger partial charge in [0.15, 0.2) is 5.78 Å². The van der Waals surface area contributed by atoms with Crippen molar-refractivity contribution in [3.8, 4) is 17.2 Å². The molecule has 3 aliphatic carbocycles. The van der Waals surface area contributed by atoms with E-state index in [0.717, 1.165) is 17.1 Å². The zero-order valence-electron chi connectivity index (χ0n) is 30.9. The van der Waals surface area contributed by atoms with E-state index in [4.69, 9.17) is 4.74 Å². The summed E-state index contributed by atoms with van der Waals surface area (Å²) in [5.74, 6) is -5.79. The molecule has 7 rings (SSSR count). The van der Waals surface area contributed by atoms with Gasteiger partial charge in [-0.15, -0.1) is 0 Å². The number of likely N-dealkylation sites (tertiary alicyclic amines) is 1. The Balaban J connectivity index is 0.814. The van der Waals surface area contributed by atoms with Gasteiger partial charge in [-0.2, -0.15) is 0 Å². The molecular weight excluding hydrogens is 744 g/mol. The highest BCUT2D eigenvalue weighted by Gasteiger charge is 2.54. The third-order valence-electron chi connectivity index (χ3n) is 11.3. The van der Waals surface area contributed by atoms with Crippen LogP contribution >= 0.6 is 0 Å². The second-order valence-electron chi connectivity index (χ2n) is 15.0. The molecule has 1 saturated heterocycles. The Kier molecular flexibility index (Phi) is 10.3. The van der Waals surface area contributed by atoms with Crippen molar-refractivity contribution in [3.63, 3.8) is 0 Å². The van der Waals surface area contributed by atoms with E-state index in [-0.39, 0.29) is 94.9 Å². The number of carbonyl (C=O) groups is 9. The summed E-state index contributed by atoms with van der Waals surface area (Å²) in [6.45, 7) is -0.346. The molecule has 2 fully saturated rings. The number of aromatic hydroxyl groups is 2.